The Balaban J connectivity index is 2.01. The molecule has 1 saturated carbocycles. The van der Waals surface area contributed by atoms with Crippen molar-refractivity contribution in [3.8, 4) is 0 Å². The number of esters is 1. The van der Waals surface area contributed by atoms with E-state index in [-0.39, 0.29) is 11.9 Å². The second-order valence-electron chi connectivity index (χ2n) is 4.93. The van der Waals surface area contributed by atoms with Crippen LogP contribution in [0.15, 0.2) is 0 Å². The molecule has 1 aliphatic rings. The number of carbonyl (C=O) groups excluding carboxylic acids is 1. The molecule has 1 fully saturated rings. The Hall–Kier alpha value is -0.610. The van der Waals surface area contributed by atoms with Crippen LogP contribution in [0.2, 0.25) is 0 Å². The predicted octanol–water partition coefficient (Wildman–Crippen LogP) is 1.54. The van der Waals surface area contributed by atoms with Gasteiger partial charge in [-0.15, -0.1) is 0 Å². The maximum atomic E-state index is 11.4. The number of hydrogen-bond acceptors (Lipinski definition) is 4. The first kappa shape index (κ1) is 14.5. The number of ether oxygens (including phenoxy) is 2. The van der Waals surface area contributed by atoms with Crippen LogP contribution in [0.1, 0.15) is 26.7 Å². The SMILES string of the molecule is CCOC(=O)C(C)CN(C)CCOCC1CC1. The summed E-state index contributed by atoms with van der Waals surface area (Å²) in [6, 6.07) is 0. The highest BCUT2D eigenvalue weighted by Crippen LogP contribution is 2.28. The van der Waals surface area contributed by atoms with Crippen LogP contribution in [-0.4, -0.2) is 50.8 Å². The summed E-state index contributed by atoms with van der Waals surface area (Å²) >= 11 is 0. The molecule has 4 heteroatoms. The molecule has 0 saturated heterocycles. The van der Waals surface area contributed by atoms with E-state index in [9.17, 15) is 4.79 Å². The van der Waals surface area contributed by atoms with E-state index in [1.807, 2.05) is 20.9 Å². The van der Waals surface area contributed by atoms with Gasteiger partial charge < -0.3 is 14.4 Å². The van der Waals surface area contributed by atoms with E-state index in [1.54, 1.807) is 0 Å². The molecule has 1 rings (SSSR count). The molecule has 0 spiro atoms. The summed E-state index contributed by atoms with van der Waals surface area (Å²) in [6.07, 6.45) is 2.66. The summed E-state index contributed by atoms with van der Waals surface area (Å²) in [4.78, 5) is 13.5. The fourth-order valence-corrected chi connectivity index (χ4v) is 1.67. The fraction of sp³-hybridized carbons (Fsp3) is 0.923. The van der Waals surface area contributed by atoms with Crippen molar-refractivity contribution in [1.29, 1.82) is 0 Å². The van der Waals surface area contributed by atoms with Gasteiger partial charge >= 0.3 is 5.97 Å². The molecule has 0 bridgehead atoms. The maximum Gasteiger partial charge on any atom is 0.309 e. The molecule has 0 amide bonds. The smallest absolute Gasteiger partial charge is 0.309 e. The molecule has 0 N–H and O–H groups in total. The van der Waals surface area contributed by atoms with E-state index in [0.29, 0.717) is 6.61 Å². The third-order valence-electron chi connectivity index (χ3n) is 2.94. The lowest BCUT2D eigenvalue weighted by molar-refractivity contribution is -0.148. The molecule has 4 nitrogen and oxygen atoms in total. The summed E-state index contributed by atoms with van der Waals surface area (Å²) < 4.78 is 10.5. The Bertz CT molecular complexity index is 229. The number of hydrogen-bond donors (Lipinski definition) is 0. The average molecular weight is 243 g/mol. The summed E-state index contributed by atoms with van der Waals surface area (Å²) in [5, 5.41) is 0. The van der Waals surface area contributed by atoms with E-state index in [0.717, 1.165) is 32.2 Å². The highest BCUT2D eigenvalue weighted by Gasteiger charge is 2.21. The molecule has 0 aromatic carbocycles. The van der Waals surface area contributed by atoms with Gasteiger partial charge in [0.25, 0.3) is 0 Å². The molecular weight excluding hydrogens is 218 g/mol. The fourth-order valence-electron chi connectivity index (χ4n) is 1.67. The third-order valence-corrected chi connectivity index (χ3v) is 2.94. The van der Waals surface area contributed by atoms with Crippen LogP contribution in [0.5, 0.6) is 0 Å². The van der Waals surface area contributed by atoms with Crippen LogP contribution in [0.4, 0.5) is 0 Å². The lowest BCUT2D eigenvalue weighted by Crippen LogP contribution is -2.32. The minimum absolute atomic E-state index is 0.0663. The van der Waals surface area contributed by atoms with E-state index >= 15 is 0 Å². The van der Waals surface area contributed by atoms with Crippen LogP contribution in [0.25, 0.3) is 0 Å². The van der Waals surface area contributed by atoms with Crippen LogP contribution in [-0.2, 0) is 14.3 Å². The molecule has 0 aromatic heterocycles. The van der Waals surface area contributed by atoms with Crippen molar-refractivity contribution in [3.63, 3.8) is 0 Å². The van der Waals surface area contributed by atoms with Gasteiger partial charge in [-0.25, -0.2) is 0 Å². The normalized spacial score (nSPS) is 17.2. The van der Waals surface area contributed by atoms with E-state index in [2.05, 4.69) is 4.90 Å². The van der Waals surface area contributed by atoms with Gasteiger partial charge in [0.15, 0.2) is 0 Å². The van der Waals surface area contributed by atoms with E-state index in [4.69, 9.17) is 9.47 Å². The zero-order valence-corrected chi connectivity index (χ0v) is 11.3. The predicted molar refractivity (Wildman–Crippen MR) is 66.8 cm³/mol. The van der Waals surface area contributed by atoms with Gasteiger partial charge in [0.2, 0.25) is 0 Å². The zero-order chi connectivity index (χ0) is 12.7. The molecule has 0 heterocycles. The second-order valence-corrected chi connectivity index (χ2v) is 4.93. The van der Waals surface area contributed by atoms with Crippen molar-refractivity contribution in [2.24, 2.45) is 11.8 Å². The Kier molecular flexibility index (Phi) is 6.52. The molecule has 1 aliphatic carbocycles. The monoisotopic (exact) mass is 243 g/mol. The largest absolute Gasteiger partial charge is 0.466 e. The first-order chi connectivity index (χ1) is 8.13. The molecule has 1 atom stereocenters. The Morgan fingerprint density at radius 1 is 1.47 bits per heavy atom. The average Bonchev–Trinajstić information content (AvgIpc) is 3.08. The van der Waals surface area contributed by atoms with Crippen LogP contribution >= 0.6 is 0 Å². The number of likely N-dealkylation sites (N-methyl/N-ethyl adjacent to an activating group) is 1. The highest BCUT2D eigenvalue weighted by atomic mass is 16.5. The summed E-state index contributed by atoms with van der Waals surface area (Å²) in [5.74, 6) is 0.639. The van der Waals surface area contributed by atoms with Crippen LogP contribution < -0.4 is 0 Å². The quantitative estimate of drug-likeness (QED) is 0.455. The van der Waals surface area contributed by atoms with Gasteiger partial charge in [-0.1, -0.05) is 6.92 Å². The third kappa shape index (κ3) is 6.64. The van der Waals surface area contributed by atoms with Crippen molar-refractivity contribution >= 4 is 5.97 Å². The minimum atomic E-state index is -0.113. The summed E-state index contributed by atoms with van der Waals surface area (Å²) in [7, 11) is 2.01. The number of nitrogens with zero attached hydrogens (tertiary/aromatic N) is 1. The molecule has 0 radical (unpaired) electrons. The van der Waals surface area contributed by atoms with Gasteiger partial charge in [-0.2, -0.15) is 0 Å². The van der Waals surface area contributed by atoms with Crippen molar-refractivity contribution in [2.75, 3.05) is 40.0 Å². The topological polar surface area (TPSA) is 38.8 Å². The van der Waals surface area contributed by atoms with Gasteiger partial charge in [0, 0.05) is 19.7 Å². The first-order valence-electron chi connectivity index (χ1n) is 6.56. The zero-order valence-electron chi connectivity index (χ0n) is 11.3. The van der Waals surface area contributed by atoms with Crippen molar-refractivity contribution in [2.45, 2.75) is 26.7 Å². The van der Waals surface area contributed by atoms with Crippen molar-refractivity contribution in [1.82, 2.24) is 4.90 Å². The standard InChI is InChI=1S/C13H25NO3/c1-4-17-13(15)11(2)9-14(3)7-8-16-10-12-5-6-12/h11-12H,4-10H2,1-3H3. The molecule has 1 unspecified atom stereocenters. The number of rotatable bonds is 9. The van der Waals surface area contributed by atoms with Gasteiger partial charge in [0.05, 0.1) is 19.1 Å². The lowest BCUT2D eigenvalue weighted by Gasteiger charge is -2.20. The molecular formula is C13H25NO3. The summed E-state index contributed by atoms with van der Waals surface area (Å²) in [6.45, 7) is 7.45. The van der Waals surface area contributed by atoms with Gasteiger partial charge in [-0.3, -0.25) is 4.79 Å². The Labute approximate surface area is 104 Å². The first-order valence-corrected chi connectivity index (χ1v) is 6.56. The second kappa shape index (κ2) is 7.67. The van der Waals surface area contributed by atoms with Crippen molar-refractivity contribution in [3.05, 3.63) is 0 Å². The Morgan fingerprint density at radius 3 is 2.76 bits per heavy atom. The van der Waals surface area contributed by atoms with Gasteiger partial charge in [-0.05, 0) is 32.7 Å². The van der Waals surface area contributed by atoms with E-state index < -0.39 is 0 Å². The molecule has 0 aromatic rings. The maximum absolute atomic E-state index is 11.4. The highest BCUT2D eigenvalue weighted by molar-refractivity contribution is 5.72. The van der Waals surface area contributed by atoms with Crippen LogP contribution in [0, 0.1) is 11.8 Å². The molecule has 100 valence electrons. The molecule has 17 heavy (non-hydrogen) atoms. The lowest BCUT2D eigenvalue weighted by atomic mass is 10.2. The van der Waals surface area contributed by atoms with Gasteiger partial charge in [0.1, 0.15) is 0 Å². The van der Waals surface area contributed by atoms with Crippen LogP contribution in [0.3, 0.4) is 0 Å². The van der Waals surface area contributed by atoms with E-state index in [1.165, 1.54) is 12.8 Å². The summed E-state index contributed by atoms with van der Waals surface area (Å²) in [5.41, 5.74) is 0. The number of carbonyl (C=O) groups is 1. The Morgan fingerprint density at radius 2 is 2.18 bits per heavy atom. The van der Waals surface area contributed by atoms with Crippen molar-refractivity contribution < 1.29 is 14.3 Å². The molecule has 0 aliphatic heterocycles. The minimum Gasteiger partial charge on any atom is -0.466 e.